The molecule has 0 aromatic heterocycles. The van der Waals surface area contributed by atoms with Crippen molar-refractivity contribution in [2.24, 2.45) is 17.4 Å². The molecule has 1 aromatic rings. The normalized spacial score (nSPS) is 25.6. The number of hydrogen-bond donors (Lipinski definition) is 4. The first-order chi connectivity index (χ1) is 12.9. The molecule has 3 rings (SSSR count). The van der Waals surface area contributed by atoms with Crippen LogP contribution < -0.4 is 16.1 Å². The van der Waals surface area contributed by atoms with Gasteiger partial charge in [-0.2, -0.15) is 0 Å². The van der Waals surface area contributed by atoms with E-state index in [0.717, 1.165) is 13.0 Å². The van der Waals surface area contributed by atoms with Crippen LogP contribution in [0, 0.1) is 5.92 Å². The zero-order valence-corrected chi connectivity index (χ0v) is 15.2. The number of carboxylic acid groups (broad SMARTS) is 1. The summed E-state index contributed by atoms with van der Waals surface area (Å²) in [6.45, 7) is 2.27. The Labute approximate surface area is 158 Å². The number of nitrogens with zero attached hydrogens (tertiary/aromatic N) is 1. The molecule has 0 amide bonds. The van der Waals surface area contributed by atoms with Crippen molar-refractivity contribution in [2.75, 3.05) is 26.2 Å². The molecule has 2 unspecified atom stereocenters. The van der Waals surface area contributed by atoms with Crippen LogP contribution in [-0.2, 0) is 11.2 Å². The molecule has 0 spiro atoms. The molecule has 0 radical (unpaired) electrons. The first kappa shape index (κ1) is 19.8. The van der Waals surface area contributed by atoms with Crippen molar-refractivity contribution in [2.45, 2.75) is 31.1 Å². The molecule has 0 saturated carbocycles. The van der Waals surface area contributed by atoms with E-state index in [1.54, 1.807) is 12.1 Å². The molecule has 6 N–H and O–H groups in total. The van der Waals surface area contributed by atoms with E-state index in [9.17, 15) is 19.7 Å². The average Bonchev–Trinajstić information content (AvgIpc) is 2.63. The van der Waals surface area contributed by atoms with Gasteiger partial charge in [0.25, 0.3) is 0 Å². The average molecular weight is 375 g/mol. The number of carboxylic acids is 1. The fourth-order valence-electron chi connectivity index (χ4n) is 3.95. The number of likely N-dealkylation sites (tertiary alicyclic amines) is 1. The SMILES string of the molecule is NCC1CN(CC(=O)C[C@H]2Cc3cccc(C(=O)O)c3OB2O)CCC1N. The van der Waals surface area contributed by atoms with Gasteiger partial charge in [0.2, 0.25) is 0 Å². The standard InChI is InChI=1S/C18H26BN3O5/c20-8-12-9-22(5-4-16(12)21)10-14(23)7-13-6-11-2-1-3-15(18(24)25)17(11)27-19(13)26/h1-3,12-13,16,26H,4-10,20-21H2,(H,24,25)/t12?,13-,16?/m1/s1. The highest BCUT2D eigenvalue weighted by Crippen LogP contribution is 2.36. The second-order valence-electron chi connectivity index (χ2n) is 7.50. The molecule has 146 valence electrons. The van der Waals surface area contributed by atoms with Crippen molar-refractivity contribution in [1.29, 1.82) is 0 Å². The summed E-state index contributed by atoms with van der Waals surface area (Å²) in [4.78, 5) is 25.9. The molecule has 0 bridgehead atoms. The van der Waals surface area contributed by atoms with Crippen LogP contribution >= 0.6 is 0 Å². The molecule has 1 saturated heterocycles. The maximum atomic E-state index is 12.5. The number of para-hydroxylation sites is 1. The van der Waals surface area contributed by atoms with Crippen molar-refractivity contribution in [3.8, 4) is 5.75 Å². The summed E-state index contributed by atoms with van der Waals surface area (Å²) < 4.78 is 5.45. The molecule has 9 heteroatoms. The second kappa shape index (κ2) is 8.39. The Morgan fingerprint density at radius 1 is 1.37 bits per heavy atom. The minimum absolute atomic E-state index is 0.0201. The van der Waals surface area contributed by atoms with E-state index in [0.29, 0.717) is 31.6 Å². The fourth-order valence-corrected chi connectivity index (χ4v) is 3.95. The number of nitrogens with two attached hydrogens (primary N) is 2. The highest BCUT2D eigenvalue weighted by Gasteiger charge is 2.38. The van der Waals surface area contributed by atoms with Gasteiger partial charge in [0.05, 0.1) is 12.1 Å². The smallest absolute Gasteiger partial charge is 0.526 e. The quantitative estimate of drug-likeness (QED) is 0.499. The number of Topliss-reactive ketones (excluding diaryl/α,β-unsaturated/α-hetero) is 1. The van der Waals surface area contributed by atoms with Crippen molar-refractivity contribution in [3.05, 3.63) is 29.3 Å². The Balaban J connectivity index is 1.60. The van der Waals surface area contributed by atoms with Crippen LogP contribution in [-0.4, -0.2) is 66.1 Å². The lowest BCUT2D eigenvalue weighted by molar-refractivity contribution is -0.120. The lowest BCUT2D eigenvalue weighted by Gasteiger charge is -2.36. The topological polar surface area (TPSA) is 139 Å². The first-order valence-corrected chi connectivity index (χ1v) is 9.28. The fraction of sp³-hybridized carbons (Fsp3) is 0.556. The summed E-state index contributed by atoms with van der Waals surface area (Å²) in [5, 5.41) is 19.5. The summed E-state index contributed by atoms with van der Waals surface area (Å²) in [6, 6.07) is 4.93. The minimum Gasteiger partial charge on any atom is -0.535 e. The van der Waals surface area contributed by atoms with Crippen LogP contribution in [0.5, 0.6) is 5.75 Å². The van der Waals surface area contributed by atoms with Crippen molar-refractivity contribution >= 4 is 18.9 Å². The molecule has 8 nitrogen and oxygen atoms in total. The Bertz CT molecular complexity index is 716. The summed E-state index contributed by atoms with van der Waals surface area (Å²) >= 11 is 0. The summed E-state index contributed by atoms with van der Waals surface area (Å²) in [5.74, 6) is -1.10. The number of carbonyl (C=O) groups is 2. The minimum atomic E-state index is -1.20. The van der Waals surface area contributed by atoms with Gasteiger partial charge in [0, 0.05) is 31.4 Å². The number of hydrogen-bond acceptors (Lipinski definition) is 7. The Morgan fingerprint density at radius 3 is 2.85 bits per heavy atom. The van der Waals surface area contributed by atoms with E-state index >= 15 is 0 Å². The zero-order valence-electron chi connectivity index (χ0n) is 15.2. The third-order valence-electron chi connectivity index (χ3n) is 5.52. The summed E-state index contributed by atoms with van der Waals surface area (Å²) in [6.07, 6.45) is 1.39. The Kier molecular flexibility index (Phi) is 6.16. The van der Waals surface area contributed by atoms with Crippen LogP contribution in [0.1, 0.15) is 28.8 Å². The molecule has 1 fully saturated rings. The molecule has 27 heavy (non-hydrogen) atoms. The van der Waals surface area contributed by atoms with Gasteiger partial charge in [-0.25, -0.2) is 4.79 Å². The summed E-state index contributed by atoms with van der Waals surface area (Å²) in [5.41, 5.74) is 12.5. The van der Waals surface area contributed by atoms with Crippen molar-refractivity contribution < 1.29 is 24.4 Å². The number of ketones is 1. The van der Waals surface area contributed by atoms with Gasteiger partial charge in [-0.15, -0.1) is 0 Å². The number of fused-ring (bicyclic) bond motifs is 1. The van der Waals surface area contributed by atoms with Crippen LogP contribution in [0.4, 0.5) is 0 Å². The van der Waals surface area contributed by atoms with Crippen molar-refractivity contribution in [1.82, 2.24) is 4.90 Å². The maximum absolute atomic E-state index is 12.5. The highest BCUT2D eigenvalue weighted by atomic mass is 16.5. The van der Waals surface area contributed by atoms with Gasteiger partial charge < -0.3 is 26.3 Å². The Morgan fingerprint density at radius 2 is 2.15 bits per heavy atom. The molecular formula is C18H26BN3O5. The molecule has 3 atom stereocenters. The van der Waals surface area contributed by atoms with Crippen LogP contribution in [0.25, 0.3) is 0 Å². The maximum Gasteiger partial charge on any atom is 0.526 e. The molecule has 2 aliphatic rings. The number of piperidine rings is 1. The van der Waals surface area contributed by atoms with Gasteiger partial charge >= 0.3 is 13.1 Å². The Hall–Kier alpha value is -1.94. The van der Waals surface area contributed by atoms with E-state index in [1.807, 2.05) is 0 Å². The molecule has 2 heterocycles. The van der Waals surface area contributed by atoms with E-state index in [2.05, 4.69) is 4.90 Å². The first-order valence-electron chi connectivity index (χ1n) is 9.28. The molecular weight excluding hydrogens is 349 g/mol. The highest BCUT2D eigenvalue weighted by molar-refractivity contribution is 6.47. The van der Waals surface area contributed by atoms with Crippen LogP contribution in [0.2, 0.25) is 5.82 Å². The van der Waals surface area contributed by atoms with E-state index < -0.39 is 18.9 Å². The van der Waals surface area contributed by atoms with Gasteiger partial charge in [-0.3, -0.25) is 9.69 Å². The molecule has 2 aliphatic heterocycles. The lowest BCUT2D eigenvalue weighted by atomic mass is 9.64. The van der Waals surface area contributed by atoms with Crippen LogP contribution in [0.15, 0.2) is 18.2 Å². The number of rotatable bonds is 6. The van der Waals surface area contributed by atoms with Gasteiger partial charge in [-0.1, -0.05) is 12.1 Å². The summed E-state index contributed by atoms with van der Waals surface area (Å²) in [7, 11) is -1.20. The van der Waals surface area contributed by atoms with Crippen LogP contribution in [0.3, 0.4) is 0 Å². The predicted octanol–water partition coefficient (Wildman–Crippen LogP) is -0.262. The van der Waals surface area contributed by atoms with Gasteiger partial charge in [0.15, 0.2) is 0 Å². The zero-order chi connectivity index (χ0) is 19.6. The van der Waals surface area contributed by atoms with Crippen molar-refractivity contribution in [3.63, 3.8) is 0 Å². The van der Waals surface area contributed by atoms with Gasteiger partial charge in [-0.05, 0) is 36.9 Å². The van der Waals surface area contributed by atoms with E-state index in [-0.39, 0.29) is 35.5 Å². The lowest BCUT2D eigenvalue weighted by Crippen LogP contribution is -2.51. The van der Waals surface area contributed by atoms with E-state index in [1.165, 1.54) is 6.07 Å². The molecule has 0 aliphatic carbocycles. The number of benzene rings is 1. The second-order valence-corrected chi connectivity index (χ2v) is 7.50. The monoisotopic (exact) mass is 375 g/mol. The third kappa shape index (κ3) is 4.49. The third-order valence-corrected chi connectivity index (χ3v) is 5.52. The predicted molar refractivity (Wildman–Crippen MR) is 101 cm³/mol. The number of carbonyl (C=O) groups excluding carboxylic acids is 1. The number of aromatic carboxylic acids is 1. The van der Waals surface area contributed by atoms with Gasteiger partial charge in [0.1, 0.15) is 11.5 Å². The molecule has 1 aromatic carbocycles. The van der Waals surface area contributed by atoms with E-state index in [4.69, 9.17) is 16.1 Å². The largest absolute Gasteiger partial charge is 0.535 e.